The molecule has 2 rings (SSSR count). The number of nitro benzene ring substituents is 1. The molecule has 0 atom stereocenters. The van der Waals surface area contributed by atoms with Crippen molar-refractivity contribution in [3.8, 4) is 0 Å². The minimum Gasteiger partial charge on any atom is -0.307 e. The van der Waals surface area contributed by atoms with Gasteiger partial charge in [-0.2, -0.15) is 0 Å². The van der Waals surface area contributed by atoms with Gasteiger partial charge in [0.25, 0.3) is 5.69 Å². The second kappa shape index (κ2) is 6.06. The van der Waals surface area contributed by atoms with Crippen molar-refractivity contribution in [2.45, 2.75) is 20.0 Å². The van der Waals surface area contributed by atoms with Gasteiger partial charge in [-0.25, -0.2) is 0 Å². The summed E-state index contributed by atoms with van der Waals surface area (Å²) in [6, 6.07) is 10.9. The van der Waals surface area contributed by atoms with Gasteiger partial charge < -0.3 is 5.32 Å². The predicted molar refractivity (Wildman–Crippen MR) is 72.6 cm³/mol. The van der Waals surface area contributed by atoms with Crippen LogP contribution in [0.3, 0.4) is 0 Å². The average Bonchev–Trinajstić information content (AvgIpc) is 2.41. The fraction of sp³-hybridized carbons (Fsp3) is 0.214. The van der Waals surface area contributed by atoms with Gasteiger partial charge >= 0.3 is 0 Å². The minimum atomic E-state index is -0.350. The van der Waals surface area contributed by atoms with Crippen molar-refractivity contribution in [2.75, 3.05) is 0 Å². The lowest BCUT2D eigenvalue weighted by Crippen LogP contribution is -2.14. The molecule has 0 unspecified atom stereocenters. The maximum absolute atomic E-state index is 10.8. The van der Waals surface area contributed by atoms with Crippen LogP contribution in [0.1, 0.15) is 16.8 Å². The van der Waals surface area contributed by atoms with E-state index in [2.05, 4.69) is 10.3 Å². The molecule has 5 heteroatoms. The summed E-state index contributed by atoms with van der Waals surface area (Å²) in [5, 5.41) is 14.1. The summed E-state index contributed by atoms with van der Waals surface area (Å²) in [6.45, 7) is 3.00. The Morgan fingerprint density at radius 2 is 2.05 bits per heavy atom. The molecule has 0 amide bonds. The van der Waals surface area contributed by atoms with E-state index in [0.717, 1.165) is 11.3 Å². The van der Waals surface area contributed by atoms with Crippen molar-refractivity contribution in [2.24, 2.45) is 0 Å². The van der Waals surface area contributed by atoms with Crippen molar-refractivity contribution in [1.82, 2.24) is 10.3 Å². The first kappa shape index (κ1) is 13.2. The van der Waals surface area contributed by atoms with Crippen LogP contribution < -0.4 is 5.32 Å². The normalized spacial score (nSPS) is 10.4. The Hall–Kier alpha value is -2.27. The van der Waals surface area contributed by atoms with E-state index in [1.54, 1.807) is 19.2 Å². The molecule has 1 aromatic heterocycles. The van der Waals surface area contributed by atoms with E-state index in [0.29, 0.717) is 18.7 Å². The van der Waals surface area contributed by atoms with Crippen molar-refractivity contribution in [1.29, 1.82) is 0 Å². The zero-order valence-corrected chi connectivity index (χ0v) is 10.7. The lowest BCUT2D eigenvalue weighted by molar-refractivity contribution is -0.385. The number of pyridine rings is 1. The second-order valence-electron chi connectivity index (χ2n) is 4.24. The third-order valence-corrected chi connectivity index (χ3v) is 2.96. The Morgan fingerprint density at radius 3 is 2.74 bits per heavy atom. The number of nitrogens with zero attached hydrogens (tertiary/aromatic N) is 2. The molecule has 0 spiro atoms. The van der Waals surface area contributed by atoms with Gasteiger partial charge in [-0.1, -0.05) is 18.2 Å². The summed E-state index contributed by atoms with van der Waals surface area (Å²) in [4.78, 5) is 14.7. The fourth-order valence-electron chi connectivity index (χ4n) is 1.89. The first-order valence-corrected chi connectivity index (χ1v) is 6.02. The molecule has 1 aromatic carbocycles. The second-order valence-corrected chi connectivity index (χ2v) is 4.24. The van der Waals surface area contributed by atoms with Crippen molar-refractivity contribution >= 4 is 5.69 Å². The number of hydrogen-bond donors (Lipinski definition) is 1. The summed E-state index contributed by atoms with van der Waals surface area (Å²) in [7, 11) is 0. The molecule has 19 heavy (non-hydrogen) atoms. The quantitative estimate of drug-likeness (QED) is 0.660. The van der Waals surface area contributed by atoms with Crippen molar-refractivity contribution in [3.05, 3.63) is 69.5 Å². The maximum Gasteiger partial charge on any atom is 0.272 e. The zero-order valence-electron chi connectivity index (χ0n) is 10.7. The van der Waals surface area contributed by atoms with Crippen LogP contribution in [0, 0.1) is 17.0 Å². The summed E-state index contributed by atoms with van der Waals surface area (Å²) in [5.41, 5.74) is 2.76. The lowest BCUT2D eigenvalue weighted by atomic mass is 10.1. The van der Waals surface area contributed by atoms with Gasteiger partial charge in [0.1, 0.15) is 0 Å². The van der Waals surface area contributed by atoms with Gasteiger partial charge in [0.15, 0.2) is 0 Å². The van der Waals surface area contributed by atoms with Crippen LogP contribution in [-0.4, -0.2) is 9.91 Å². The molecule has 0 fully saturated rings. The van der Waals surface area contributed by atoms with Gasteiger partial charge in [0.2, 0.25) is 0 Å². The average molecular weight is 257 g/mol. The maximum atomic E-state index is 10.8. The lowest BCUT2D eigenvalue weighted by Gasteiger charge is -2.07. The first-order chi connectivity index (χ1) is 9.18. The highest BCUT2D eigenvalue weighted by Gasteiger charge is 2.12. The molecule has 1 heterocycles. The van der Waals surface area contributed by atoms with Crippen molar-refractivity contribution in [3.63, 3.8) is 0 Å². The van der Waals surface area contributed by atoms with E-state index in [1.165, 1.54) is 6.07 Å². The van der Waals surface area contributed by atoms with Crippen LogP contribution in [0.5, 0.6) is 0 Å². The molecule has 98 valence electrons. The SMILES string of the molecule is Cc1c(CNCc2ccccn2)cccc1[N+](=O)[O-]. The number of nitro groups is 1. The van der Waals surface area contributed by atoms with Gasteiger partial charge in [-0.3, -0.25) is 15.1 Å². The number of rotatable bonds is 5. The Kier molecular flexibility index (Phi) is 4.20. The molecule has 0 aliphatic carbocycles. The van der Waals surface area contributed by atoms with Crippen LogP contribution in [0.25, 0.3) is 0 Å². The molecule has 5 nitrogen and oxygen atoms in total. The molecular weight excluding hydrogens is 242 g/mol. The molecule has 0 saturated carbocycles. The van der Waals surface area contributed by atoms with Gasteiger partial charge in [-0.15, -0.1) is 0 Å². The smallest absolute Gasteiger partial charge is 0.272 e. The largest absolute Gasteiger partial charge is 0.307 e. The number of hydrogen-bond acceptors (Lipinski definition) is 4. The topological polar surface area (TPSA) is 68.1 Å². The highest BCUT2D eigenvalue weighted by molar-refractivity contribution is 5.44. The summed E-state index contributed by atoms with van der Waals surface area (Å²) in [5.74, 6) is 0. The van der Waals surface area contributed by atoms with Gasteiger partial charge in [0, 0.05) is 30.9 Å². The predicted octanol–water partition coefficient (Wildman–Crippen LogP) is 2.59. The number of aromatic nitrogens is 1. The van der Waals surface area contributed by atoms with E-state index >= 15 is 0 Å². The Morgan fingerprint density at radius 1 is 1.21 bits per heavy atom. The third-order valence-electron chi connectivity index (χ3n) is 2.96. The summed E-state index contributed by atoms with van der Waals surface area (Å²) in [6.07, 6.45) is 1.75. The van der Waals surface area contributed by atoms with E-state index in [9.17, 15) is 10.1 Å². The van der Waals surface area contributed by atoms with Gasteiger partial charge in [0.05, 0.1) is 10.6 Å². The number of nitrogens with one attached hydrogen (secondary N) is 1. The molecule has 0 aliphatic rings. The molecule has 2 aromatic rings. The Labute approximate surface area is 111 Å². The number of benzene rings is 1. The molecule has 0 saturated heterocycles. The molecule has 1 N–H and O–H groups in total. The summed E-state index contributed by atoms with van der Waals surface area (Å²) < 4.78 is 0. The van der Waals surface area contributed by atoms with Crippen LogP contribution in [0.4, 0.5) is 5.69 Å². The van der Waals surface area contributed by atoms with E-state index in [-0.39, 0.29) is 10.6 Å². The fourth-order valence-corrected chi connectivity index (χ4v) is 1.89. The van der Waals surface area contributed by atoms with Gasteiger partial charge in [-0.05, 0) is 24.6 Å². The molecular formula is C14H15N3O2. The highest BCUT2D eigenvalue weighted by atomic mass is 16.6. The zero-order chi connectivity index (χ0) is 13.7. The highest BCUT2D eigenvalue weighted by Crippen LogP contribution is 2.20. The minimum absolute atomic E-state index is 0.164. The first-order valence-electron chi connectivity index (χ1n) is 6.02. The Bertz CT molecular complexity index is 570. The standard InChI is InChI=1S/C14H15N3O2/c1-11-12(5-4-7-14(11)17(18)19)9-15-10-13-6-2-3-8-16-13/h2-8,15H,9-10H2,1H3. The van der Waals surface area contributed by atoms with Crippen LogP contribution in [0.15, 0.2) is 42.6 Å². The van der Waals surface area contributed by atoms with Crippen LogP contribution >= 0.6 is 0 Å². The molecule has 0 bridgehead atoms. The van der Waals surface area contributed by atoms with E-state index < -0.39 is 0 Å². The van der Waals surface area contributed by atoms with Crippen LogP contribution in [0.2, 0.25) is 0 Å². The Balaban J connectivity index is 2.00. The third kappa shape index (κ3) is 3.35. The summed E-state index contributed by atoms with van der Waals surface area (Å²) >= 11 is 0. The molecule has 0 radical (unpaired) electrons. The van der Waals surface area contributed by atoms with Crippen molar-refractivity contribution < 1.29 is 4.92 Å². The van der Waals surface area contributed by atoms with Crippen LogP contribution in [-0.2, 0) is 13.1 Å². The van der Waals surface area contributed by atoms with E-state index in [4.69, 9.17) is 0 Å². The molecule has 0 aliphatic heterocycles. The van der Waals surface area contributed by atoms with E-state index in [1.807, 2.05) is 24.3 Å². The monoisotopic (exact) mass is 257 g/mol.